The number of nitrogens with one attached hydrogen (secondary N) is 1. The van der Waals surface area contributed by atoms with E-state index in [-0.39, 0.29) is 0 Å². The SMILES string of the molecule is CC(C)C(C)OCCNC1CCCC1. The summed E-state index contributed by atoms with van der Waals surface area (Å²) in [4.78, 5) is 0. The molecule has 0 aliphatic heterocycles. The maximum absolute atomic E-state index is 5.70. The summed E-state index contributed by atoms with van der Waals surface area (Å²) < 4.78 is 5.70. The summed E-state index contributed by atoms with van der Waals surface area (Å²) in [7, 11) is 0. The highest BCUT2D eigenvalue weighted by atomic mass is 16.5. The van der Waals surface area contributed by atoms with Gasteiger partial charge in [0.25, 0.3) is 0 Å². The fourth-order valence-corrected chi connectivity index (χ4v) is 1.83. The first-order chi connectivity index (χ1) is 6.70. The maximum Gasteiger partial charge on any atom is 0.0594 e. The molecule has 0 saturated heterocycles. The monoisotopic (exact) mass is 199 g/mol. The summed E-state index contributed by atoms with van der Waals surface area (Å²) in [5.41, 5.74) is 0. The number of hydrogen-bond acceptors (Lipinski definition) is 2. The van der Waals surface area contributed by atoms with Crippen molar-refractivity contribution in [1.29, 1.82) is 0 Å². The summed E-state index contributed by atoms with van der Waals surface area (Å²) >= 11 is 0. The van der Waals surface area contributed by atoms with Gasteiger partial charge < -0.3 is 10.1 Å². The van der Waals surface area contributed by atoms with Crippen molar-refractivity contribution in [2.75, 3.05) is 13.2 Å². The Labute approximate surface area is 88.4 Å². The molecule has 0 aromatic rings. The van der Waals surface area contributed by atoms with Crippen LogP contribution >= 0.6 is 0 Å². The Kier molecular flexibility index (Phi) is 5.49. The van der Waals surface area contributed by atoms with E-state index in [0.717, 1.165) is 19.2 Å². The molecule has 0 radical (unpaired) electrons. The summed E-state index contributed by atoms with van der Waals surface area (Å²) in [6.07, 6.45) is 5.92. The van der Waals surface area contributed by atoms with Crippen molar-refractivity contribution < 1.29 is 4.74 Å². The zero-order chi connectivity index (χ0) is 10.4. The van der Waals surface area contributed by atoms with Crippen molar-refractivity contribution in [2.45, 2.75) is 58.6 Å². The molecular weight excluding hydrogens is 174 g/mol. The van der Waals surface area contributed by atoms with Gasteiger partial charge in [0.2, 0.25) is 0 Å². The number of hydrogen-bond donors (Lipinski definition) is 1. The van der Waals surface area contributed by atoms with Crippen LogP contribution in [0.2, 0.25) is 0 Å². The van der Waals surface area contributed by atoms with Gasteiger partial charge in [-0.1, -0.05) is 26.7 Å². The Balaban J connectivity index is 1.93. The van der Waals surface area contributed by atoms with E-state index in [1.54, 1.807) is 0 Å². The normalized spacial score (nSPS) is 20.6. The van der Waals surface area contributed by atoms with Crippen LogP contribution in [0.3, 0.4) is 0 Å². The van der Waals surface area contributed by atoms with Gasteiger partial charge in [-0.3, -0.25) is 0 Å². The second-order valence-electron chi connectivity index (χ2n) is 4.76. The quantitative estimate of drug-likeness (QED) is 0.664. The van der Waals surface area contributed by atoms with Crippen molar-refractivity contribution in [1.82, 2.24) is 5.32 Å². The molecule has 84 valence electrons. The molecule has 0 spiro atoms. The molecule has 1 unspecified atom stereocenters. The molecule has 2 heteroatoms. The van der Waals surface area contributed by atoms with Gasteiger partial charge in [0.1, 0.15) is 0 Å². The van der Waals surface area contributed by atoms with Gasteiger partial charge in [-0.2, -0.15) is 0 Å². The van der Waals surface area contributed by atoms with Crippen LogP contribution in [0.15, 0.2) is 0 Å². The first-order valence-corrected chi connectivity index (χ1v) is 6.05. The fraction of sp³-hybridized carbons (Fsp3) is 1.00. The van der Waals surface area contributed by atoms with Crippen molar-refractivity contribution >= 4 is 0 Å². The molecule has 0 aromatic heterocycles. The second-order valence-corrected chi connectivity index (χ2v) is 4.76. The van der Waals surface area contributed by atoms with E-state index in [0.29, 0.717) is 12.0 Å². The van der Waals surface area contributed by atoms with Crippen LogP contribution in [0.1, 0.15) is 46.5 Å². The molecule has 1 rings (SSSR count). The highest BCUT2D eigenvalue weighted by molar-refractivity contribution is 4.73. The van der Waals surface area contributed by atoms with Crippen LogP contribution in [0.25, 0.3) is 0 Å². The van der Waals surface area contributed by atoms with Crippen LogP contribution < -0.4 is 5.32 Å². The predicted molar refractivity (Wildman–Crippen MR) is 60.5 cm³/mol. The Hall–Kier alpha value is -0.0800. The first kappa shape index (κ1) is 12.0. The summed E-state index contributed by atoms with van der Waals surface area (Å²) in [5, 5.41) is 3.55. The molecule has 1 aliphatic rings. The van der Waals surface area contributed by atoms with E-state index in [1.807, 2.05) is 0 Å². The Bertz CT molecular complexity index is 137. The summed E-state index contributed by atoms with van der Waals surface area (Å²) in [5.74, 6) is 0.626. The zero-order valence-corrected chi connectivity index (χ0v) is 9.88. The molecule has 1 aliphatic carbocycles. The average Bonchev–Trinajstić information content (AvgIpc) is 2.64. The minimum absolute atomic E-state index is 0.389. The van der Waals surface area contributed by atoms with E-state index in [4.69, 9.17) is 4.74 Å². The van der Waals surface area contributed by atoms with Crippen molar-refractivity contribution in [3.63, 3.8) is 0 Å². The minimum Gasteiger partial charge on any atom is -0.377 e. The standard InChI is InChI=1S/C12H25NO/c1-10(2)11(3)14-9-8-13-12-6-4-5-7-12/h10-13H,4-9H2,1-3H3. The van der Waals surface area contributed by atoms with Crippen LogP contribution in [0, 0.1) is 5.92 Å². The van der Waals surface area contributed by atoms with Crippen LogP contribution in [-0.2, 0) is 4.74 Å². The van der Waals surface area contributed by atoms with Gasteiger partial charge in [0.15, 0.2) is 0 Å². The molecule has 0 aromatic carbocycles. The summed E-state index contributed by atoms with van der Waals surface area (Å²) in [6.45, 7) is 8.43. The molecule has 0 amide bonds. The molecule has 14 heavy (non-hydrogen) atoms. The fourth-order valence-electron chi connectivity index (χ4n) is 1.83. The molecule has 2 nitrogen and oxygen atoms in total. The molecule has 0 bridgehead atoms. The molecular formula is C12H25NO. The Morgan fingerprint density at radius 3 is 2.43 bits per heavy atom. The van der Waals surface area contributed by atoms with E-state index in [9.17, 15) is 0 Å². The average molecular weight is 199 g/mol. The second kappa shape index (κ2) is 6.41. The van der Waals surface area contributed by atoms with Gasteiger partial charge in [0, 0.05) is 12.6 Å². The summed E-state index contributed by atoms with van der Waals surface area (Å²) in [6, 6.07) is 0.771. The van der Waals surface area contributed by atoms with Gasteiger partial charge in [-0.15, -0.1) is 0 Å². The Morgan fingerprint density at radius 1 is 1.21 bits per heavy atom. The lowest BCUT2D eigenvalue weighted by Gasteiger charge is -2.18. The van der Waals surface area contributed by atoms with E-state index < -0.39 is 0 Å². The first-order valence-electron chi connectivity index (χ1n) is 6.05. The van der Waals surface area contributed by atoms with Gasteiger partial charge in [0.05, 0.1) is 12.7 Å². The van der Waals surface area contributed by atoms with Crippen LogP contribution in [0.4, 0.5) is 0 Å². The highest BCUT2D eigenvalue weighted by Gasteiger charge is 2.13. The lowest BCUT2D eigenvalue weighted by molar-refractivity contribution is 0.0364. The largest absolute Gasteiger partial charge is 0.377 e. The molecule has 1 atom stereocenters. The Morgan fingerprint density at radius 2 is 1.86 bits per heavy atom. The molecule has 1 saturated carbocycles. The number of rotatable bonds is 6. The lowest BCUT2D eigenvalue weighted by Crippen LogP contribution is -2.31. The molecule has 1 N–H and O–H groups in total. The van der Waals surface area contributed by atoms with Crippen molar-refractivity contribution in [3.05, 3.63) is 0 Å². The predicted octanol–water partition coefficient (Wildman–Crippen LogP) is 2.58. The van der Waals surface area contributed by atoms with Gasteiger partial charge in [-0.05, 0) is 25.7 Å². The van der Waals surface area contributed by atoms with E-state index in [1.165, 1.54) is 25.7 Å². The third kappa shape index (κ3) is 4.43. The number of ether oxygens (including phenoxy) is 1. The topological polar surface area (TPSA) is 21.3 Å². The van der Waals surface area contributed by atoms with Crippen LogP contribution in [-0.4, -0.2) is 25.3 Å². The molecule has 1 fully saturated rings. The molecule has 0 heterocycles. The third-order valence-electron chi connectivity index (χ3n) is 3.21. The van der Waals surface area contributed by atoms with Crippen molar-refractivity contribution in [3.8, 4) is 0 Å². The van der Waals surface area contributed by atoms with Crippen LogP contribution in [0.5, 0.6) is 0 Å². The zero-order valence-electron chi connectivity index (χ0n) is 9.88. The third-order valence-corrected chi connectivity index (χ3v) is 3.21. The minimum atomic E-state index is 0.389. The van der Waals surface area contributed by atoms with Gasteiger partial charge >= 0.3 is 0 Å². The maximum atomic E-state index is 5.70. The van der Waals surface area contributed by atoms with Gasteiger partial charge in [-0.25, -0.2) is 0 Å². The van der Waals surface area contributed by atoms with E-state index >= 15 is 0 Å². The lowest BCUT2D eigenvalue weighted by atomic mass is 10.1. The van der Waals surface area contributed by atoms with E-state index in [2.05, 4.69) is 26.1 Å². The van der Waals surface area contributed by atoms with Crippen molar-refractivity contribution in [2.24, 2.45) is 5.92 Å². The smallest absolute Gasteiger partial charge is 0.0594 e. The highest BCUT2D eigenvalue weighted by Crippen LogP contribution is 2.17.